The Morgan fingerprint density at radius 1 is 1.00 bits per heavy atom. The quantitative estimate of drug-likeness (QED) is 0.494. The first-order valence-electron chi connectivity index (χ1n) is 11.4. The minimum Gasteiger partial charge on any atom is -0.493 e. The zero-order chi connectivity index (χ0) is 21.5. The summed E-state index contributed by atoms with van der Waals surface area (Å²) >= 11 is 0. The molecule has 2 aromatic carbocycles. The molecule has 6 nitrogen and oxygen atoms in total. The van der Waals surface area contributed by atoms with Gasteiger partial charge in [0.05, 0.1) is 13.7 Å². The van der Waals surface area contributed by atoms with Gasteiger partial charge >= 0.3 is 0 Å². The Morgan fingerprint density at radius 3 is 2.35 bits per heavy atom. The van der Waals surface area contributed by atoms with Crippen LogP contribution < -0.4 is 20.1 Å². The molecule has 1 heterocycles. The third-order valence-corrected chi connectivity index (χ3v) is 5.92. The summed E-state index contributed by atoms with van der Waals surface area (Å²) in [6.45, 7) is 6.01. The van der Waals surface area contributed by atoms with Crippen LogP contribution in [0.4, 0.5) is 0 Å². The predicted octanol–water partition coefficient (Wildman–Crippen LogP) is 4.17. The maximum Gasteiger partial charge on any atom is 0.191 e. The molecular weight excluding hydrogens is 388 g/mol. The van der Waals surface area contributed by atoms with E-state index < -0.39 is 0 Å². The molecule has 0 atom stereocenters. The van der Waals surface area contributed by atoms with Gasteiger partial charge in [-0.2, -0.15) is 0 Å². The summed E-state index contributed by atoms with van der Waals surface area (Å²) in [6, 6.07) is 17.1. The summed E-state index contributed by atoms with van der Waals surface area (Å²) in [5, 5.41) is 7.03. The molecule has 2 N–H and O–H groups in total. The van der Waals surface area contributed by atoms with Gasteiger partial charge in [-0.25, -0.2) is 4.99 Å². The van der Waals surface area contributed by atoms with Gasteiger partial charge in [0.25, 0.3) is 0 Å². The van der Waals surface area contributed by atoms with Gasteiger partial charge in [0.2, 0.25) is 0 Å². The maximum absolute atomic E-state index is 5.96. The highest BCUT2D eigenvalue weighted by Gasteiger charge is 2.31. The van der Waals surface area contributed by atoms with Gasteiger partial charge in [0.15, 0.2) is 17.5 Å². The van der Waals surface area contributed by atoms with E-state index in [0.29, 0.717) is 18.3 Å². The lowest BCUT2D eigenvalue weighted by Gasteiger charge is -2.33. The third-order valence-electron chi connectivity index (χ3n) is 5.92. The van der Waals surface area contributed by atoms with Crippen LogP contribution in [0.2, 0.25) is 0 Å². The van der Waals surface area contributed by atoms with Crippen LogP contribution in [0.15, 0.2) is 53.5 Å². The number of guanidine groups is 1. The lowest BCUT2D eigenvalue weighted by atomic mass is 10.1. The van der Waals surface area contributed by atoms with Gasteiger partial charge in [-0.05, 0) is 62.4 Å². The second kappa shape index (κ2) is 10.5. The molecule has 2 fully saturated rings. The van der Waals surface area contributed by atoms with Crippen molar-refractivity contribution < 1.29 is 9.47 Å². The van der Waals surface area contributed by atoms with Crippen LogP contribution >= 0.6 is 0 Å². The molecule has 0 bridgehead atoms. The lowest BCUT2D eigenvalue weighted by molar-refractivity contribution is 0.197. The number of likely N-dealkylation sites (tertiary alicyclic amines) is 1. The van der Waals surface area contributed by atoms with Crippen molar-refractivity contribution in [3.05, 3.63) is 54.1 Å². The van der Waals surface area contributed by atoms with Gasteiger partial charge in [-0.1, -0.05) is 24.3 Å². The van der Waals surface area contributed by atoms with E-state index in [1.54, 1.807) is 7.11 Å². The summed E-state index contributed by atoms with van der Waals surface area (Å²) in [5.41, 5.74) is 1.15. The Kier molecular flexibility index (Phi) is 7.30. The minimum atomic E-state index is 0.504. The van der Waals surface area contributed by atoms with E-state index in [-0.39, 0.29) is 0 Å². The summed E-state index contributed by atoms with van der Waals surface area (Å²) in [5.74, 6) is 3.12. The average Bonchev–Trinajstić information content (AvgIpc) is 3.65. The lowest BCUT2D eigenvalue weighted by Crippen LogP contribution is -2.49. The smallest absolute Gasteiger partial charge is 0.191 e. The zero-order valence-electron chi connectivity index (χ0n) is 18.6. The second-order valence-electron chi connectivity index (χ2n) is 8.28. The van der Waals surface area contributed by atoms with E-state index in [0.717, 1.165) is 35.6 Å². The fourth-order valence-corrected chi connectivity index (χ4v) is 4.03. The van der Waals surface area contributed by atoms with E-state index in [2.05, 4.69) is 34.6 Å². The van der Waals surface area contributed by atoms with Gasteiger partial charge in [0, 0.05) is 31.7 Å². The van der Waals surface area contributed by atoms with Crippen molar-refractivity contribution in [2.45, 2.75) is 51.2 Å². The number of piperidine rings is 1. The van der Waals surface area contributed by atoms with Crippen LogP contribution in [0.1, 0.15) is 38.2 Å². The van der Waals surface area contributed by atoms with Crippen LogP contribution in [-0.2, 0) is 6.54 Å². The second-order valence-corrected chi connectivity index (χ2v) is 8.28. The van der Waals surface area contributed by atoms with Gasteiger partial charge < -0.3 is 25.0 Å². The number of nitrogens with one attached hydrogen (secondary N) is 2. The molecule has 31 heavy (non-hydrogen) atoms. The van der Waals surface area contributed by atoms with Crippen LogP contribution in [0.5, 0.6) is 17.2 Å². The average molecular weight is 423 g/mol. The Balaban J connectivity index is 1.31. The van der Waals surface area contributed by atoms with Gasteiger partial charge in [-0.3, -0.25) is 0 Å². The highest BCUT2D eigenvalue weighted by Crippen LogP contribution is 2.31. The van der Waals surface area contributed by atoms with E-state index in [1.165, 1.54) is 38.8 Å². The molecule has 0 amide bonds. The van der Waals surface area contributed by atoms with E-state index >= 15 is 0 Å². The maximum atomic E-state index is 5.96. The molecule has 166 valence electrons. The highest BCUT2D eigenvalue weighted by molar-refractivity contribution is 5.80. The summed E-state index contributed by atoms with van der Waals surface area (Å²) in [6.07, 6.45) is 5.17. The summed E-state index contributed by atoms with van der Waals surface area (Å²) < 4.78 is 11.3. The van der Waals surface area contributed by atoms with Crippen molar-refractivity contribution in [2.75, 3.05) is 26.7 Å². The van der Waals surface area contributed by atoms with E-state index in [9.17, 15) is 0 Å². The van der Waals surface area contributed by atoms with Crippen molar-refractivity contribution in [1.29, 1.82) is 0 Å². The number of benzene rings is 2. The first-order valence-corrected chi connectivity index (χ1v) is 11.4. The molecule has 2 aliphatic rings. The molecule has 0 spiro atoms. The van der Waals surface area contributed by atoms with Crippen molar-refractivity contribution >= 4 is 5.96 Å². The number of hydrogen-bond donors (Lipinski definition) is 2. The summed E-state index contributed by atoms with van der Waals surface area (Å²) in [4.78, 5) is 7.46. The van der Waals surface area contributed by atoms with Crippen LogP contribution in [-0.4, -0.2) is 49.7 Å². The standard InChI is InChI=1S/C25H34N4O2/c1-3-26-25(28-20-14-16-29(17-15-20)21-10-11-21)27-18-19-8-12-22(13-9-19)31-24-7-5-4-6-23(24)30-2/h4-9,12-13,20-21H,3,10-11,14-18H2,1-2H3,(H2,26,27,28). The van der Waals surface area contributed by atoms with Crippen molar-refractivity contribution in [1.82, 2.24) is 15.5 Å². The minimum absolute atomic E-state index is 0.504. The number of rotatable bonds is 8. The van der Waals surface area contributed by atoms with Crippen molar-refractivity contribution in [3.63, 3.8) is 0 Å². The van der Waals surface area contributed by atoms with E-state index in [4.69, 9.17) is 14.5 Å². The van der Waals surface area contributed by atoms with Gasteiger partial charge in [0.1, 0.15) is 5.75 Å². The van der Waals surface area contributed by atoms with Crippen LogP contribution in [0.25, 0.3) is 0 Å². The normalized spacial score (nSPS) is 17.9. The van der Waals surface area contributed by atoms with Gasteiger partial charge in [-0.15, -0.1) is 0 Å². The highest BCUT2D eigenvalue weighted by atomic mass is 16.5. The predicted molar refractivity (Wildman–Crippen MR) is 125 cm³/mol. The van der Waals surface area contributed by atoms with Crippen molar-refractivity contribution in [2.24, 2.45) is 4.99 Å². The molecule has 1 aliphatic carbocycles. The molecule has 4 rings (SSSR count). The topological polar surface area (TPSA) is 58.1 Å². The van der Waals surface area contributed by atoms with Crippen molar-refractivity contribution in [3.8, 4) is 17.2 Å². The summed E-state index contributed by atoms with van der Waals surface area (Å²) in [7, 11) is 1.65. The zero-order valence-corrected chi connectivity index (χ0v) is 18.6. The molecular formula is C25H34N4O2. The first-order chi connectivity index (χ1) is 15.2. The number of hydrogen-bond acceptors (Lipinski definition) is 4. The van der Waals surface area contributed by atoms with Crippen LogP contribution in [0, 0.1) is 0 Å². The number of para-hydroxylation sites is 2. The monoisotopic (exact) mass is 422 g/mol. The molecule has 1 aliphatic heterocycles. The molecule has 1 saturated carbocycles. The number of nitrogens with zero attached hydrogens (tertiary/aromatic N) is 2. The third kappa shape index (κ3) is 6.14. The molecule has 2 aromatic rings. The fourth-order valence-electron chi connectivity index (χ4n) is 4.03. The Labute approximate surface area is 185 Å². The molecule has 1 saturated heterocycles. The Morgan fingerprint density at radius 2 is 1.71 bits per heavy atom. The number of aliphatic imine (C=N–C) groups is 1. The molecule has 0 aromatic heterocycles. The largest absolute Gasteiger partial charge is 0.493 e. The first kappa shape index (κ1) is 21.5. The Bertz CT molecular complexity index is 856. The molecule has 0 unspecified atom stereocenters. The Hall–Kier alpha value is -2.73. The number of ether oxygens (including phenoxy) is 2. The number of methoxy groups -OCH3 is 1. The molecule has 6 heteroatoms. The molecule has 0 radical (unpaired) electrons. The fraction of sp³-hybridized carbons (Fsp3) is 0.480. The van der Waals surface area contributed by atoms with E-state index in [1.807, 2.05) is 36.4 Å². The van der Waals surface area contributed by atoms with Crippen LogP contribution in [0.3, 0.4) is 0 Å². The SMILES string of the molecule is CCNC(=NCc1ccc(Oc2ccccc2OC)cc1)NC1CCN(C2CC2)CC1.